The Balaban J connectivity index is 1.24. The van der Waals surface area contributed by atoms with E-state index in [2.05, 4.69) is 27.2 Å². The number of hydrogen-bond acceptors (Lipinski definition) is 5. The van der Waals surface area contributed by atoms with E-state index in [-0.39, 0.29) is 17.9 Å². The highest BCUT2D eigenvalue weighted by atomic mass is 16.5. The van der Waals surface area contributed by atoms with Crippen molar-refractivity contribution in [3.8, 4) is 5.75 Å². The van der Waals surface area contributed by atoms with Crippen LogP contribution in [0.3, 0.4) is 0 Å². The summed E-state index contributed by atoms with van der Waals surface area (Å²) in [4.78, 5) is 17.9. The average Bonchev–Trinajstić information content (AvgIpc) is 3.29. The topological polar surface area (TPSA) is 65.0 Å². The van der Waals surface area contributed by atoms with Gasteiger partial charge in [-0.05, 0) is 75.0 Å². The van der Waals surface area contributed by atoms with Crippen LogP contribution in [0.4, 0.5) is 5.69 Å². The zero-order chi connectivity index (χ0) is 22.6. The van der Waals surface area contributed by atoms with E-state index in [0.717, 1.165) is 62.4 Å². The molecule has 176 valence electrons. The van der Waals surface area contributed by atoms with Crippen LogP contribution in [0, 0.1) is 5.92 Å². The monoisotopic (exact) mass is 449 g/mol. The lowest BCUT2D eigenvalue weighted by Crippen LogP contribution is -2.48. The maximum Gasteiger partial charge on any atom is 0.225 e. The van der Waals surface area contributed by atoms with Gasteiger partial charge in [0.2, 0.25) is 5.91 Å². The quantitative estimate of drug-likeness (QED) is 0.615. The summed E-state index contributed by atoms with van der Waals surface area (Å²) in [7, 11) is 0. The van der Waals surface area contributed by atoms with E-state index in [1.807, 2.05) is 42.5 Å². The number of aliphatic hydroxyl groups is 1. The summed E-state index contributed by atoms with van der Waals surface area (Å²) in [5, 5.41) is 14.5. The summed E-state index contributed by atoms with van der Waals surface area (Å²) in [6.07, 6.45) is 5.03. The highest BCUT2D eigenvalue weighted by Crippen LogP contribution is 2.29. The molecule has 2 heterocycles. The number of para-hydroxylation sites is 1. The number of carbonyl (C=O) groups excluding carboxylic acids is 1. The lowest BCUT2D eigenvalue weighted by atomic mass is 10.00. The van der Waals surface area contributed by atoms with E-state index >= 15 is 0 Å². The number of benzene rings is 2. The van der Waals surface area contributed by atoms with E-state index in [1.54, 1.807) is 0 Å². The standard InChI is InChI=1S/C27H35N3O3/c31-26(20-8-10-23(11-9-20)33-24-12-13-24)25(19-29-15-4-5-16-29)28-27(32)21-14-17-30(18-21)22-6-2-1-3-7-22/h1-3,6-11,21,24-26,31H,4-5,12-19H2,(H,28,32)/t21-,25?,26?/m1/s1. The lowest BCUT2D eigenvalue weighted by Gasteiger charge is -2.30. The van der Waals surface area contributed by atoms with Crippen LogP contribution >= 0.6 is 0 Å². The number of nitrogens with zero attached hydrogens (tertiary/aromatic N) is 2. The van der Waals surface area contributed by atoms with Gasteiger partial charge in [0.05, 0.1) is 18.1 Å². The zero-order valence-corrected chi connectivity index (χ0v) is 19.2. The summed E-state index contributed by atoms with van der Waals surface area (Å²) in [6, 6.07) is 17.7. The Labute approximate surface area is 196 Å². The van der Waals surface area contributed by atoms with Crippen molar-refractivity contribution in [1.29, 1.82) is 0 Å². The van der Waals surface area contributed by atoms with E-state index in [9.17, 15) is 9.90 Å². The number of amides is 1. The van der Waals surface area contributed by atoms with Crippen LogP contribution in [0.25, 0.3) is 0 Å². The van der Waals surface area contributed by atoms with Gasteiger partial charge in [0, 0.05) is 25.3 Å². The highest BCUT2D eigenvalue weighted by molar-refractivity contribution is 5.80. The maximum absolute atomic E-state index is 13.2. The minimum absolute atomic E-state index is 0.0466. The fraction of sp³-hybridized carbons (Fsp3) is 0.519. The molecule has 2 aromatic rings. The second-order valence-electron chi connectivity index (χ2n) is 9.72. The van der Waals surface area contributed by atoms with Crippen LogP contribution in [0.1, 0.15) is 43.8 Å². The Bertz CT molecular complexity index is 910. The average molecular weight is 450 g/mol. The van der Waals surface area contributed by atoms with Crippen molar-refractivity contribution in [1.82, 2.24) is 10.2 Å². The van der Waals surface area contributed by atoms with Crippen molar-refractivity contribution in [2.24, 2.45) is 5.92 Å². The second kappa shape index (κ2) is 10.1. The van der Waals surface area contributed by atoms with Crippen LogP contribution in [-0.4, -0.2) is 60.8 Å². The lowest BCUT2D eigenvalue weighted by molar-refractivity contribution is -0.126. The normalized spacial score (nSPS) is 22.8. The molecule has 3 aliphatic rings. The molecule has 0 radical (unpaired) electrons. The molecule has 1 amide bonds. The van der Waals surface area contributed by atoms with Crippen molar-refractivity contribution in [2.75, 3.05) is 37.6 Å². The van der Waals surface area contributed by atoms with Gasteiger partial charge in [0.1, 0.15) is 11.9 Å². The SMILES string of the molecule is O=C(NC(CN1CCCC1)C(O)c1ccc(OC2CC2)cc1)[C@@H]1CCN(c2ccccc2)C1. The molecule has 0 aromatic heterocycles. The molecule has 5 rings (SSSR count). The molecule has 6 nitrogen and oxygen atoms in total. The van der Waals surface area contributed by atoms with Gasteiger partial charge in [0.15, 0.2) is 0 Å². The summed E-state index contributed by atoms with van der Waals surface area (Å²) >= 11 is 0. The van der Waals surface area contributed by atoms with Crippen LogP contribution < -0.4 is 15.0 Å². The van der Waals surface area contributed by atoms with Gasteiger partial charge in [-0.25, -0.2) is 0 Å². The van der Waals surface area contributed by atoms with Gasteiger partial charge in [0.25, 0.3) is 0 Å². The summed E-state index contributed by atoms with van der Waals surface area (Å²) in [5.74, 6) is 0.832. The molecule has 1 saturated carbocycles. The summed E-state index contributed by atoms with van der Waals surface area (Å²) < 4.78 is 5.84. The van der Waals surface area contributed by atoms with Crippen LogP contribution in [-0.2, 0) is 4.79 Å². The molecule has 0 bridgehead atoms. The number of nitrogens with one attached hydrogen (secondary N) is 1. The minimum atomic E-state index is -0.754. The molecule has 6 heteroatoms. The second-order valence-corrected chi connectivity index (χ2v) is 9.72. The smallest absolute Gasteiger partial charge is 0.225 e. The molecule has 2 saturated heterocycles. The van der Waals surface area contributed by atoms with Crippen molar-refractivity contribution >= 4 is 11.6 Å². The Hall–Kier alpha value is -2.57. The third-order valence-electron chi connectivity index (χ3n) is 7.09. The van der Waals surface area contributed by atoms with E-state index in [0.29, 0.717) is 12.6 Å². The Morgan fingerprint density at radius 2 is 1.73 bits per heavy atom. The van der Waals surface area contributed by atoms with Crippen molar-refractivity contribution in [3.63, 3.8) is 0 Å². The van der Waals surface area contributed by atoms with Gasteiger partial charge >= 0.3 is 0 Å². The Kier molecular flexibility index (Phi) is 6.83. The van der Waals surface area contributed by atoms with Crippen LogP contribution in [0.2, 0.25) is 0 Å². The molecule has 3 atom stereocenters. The third-order valence-corrected chi connectivity index (χ3v) is 7.09. The summed E-state index contributed by atoms with van der Waals surface area (Å²) in [6.45, 7) is 4.32. The van der Waals surface area contributed by atoms with Gasteiger partial charge in [-0.15, -0.1) is 0 Å². The fourth-order valence-corrected chi connectivity index (χ4v) is 4.97. The van der Waals surface area contributed by atoms with Crippen LogP contribution in [0.5, 0.6) is 5.75 Å². The Morgan fingerprint density at radius 3 is 2.42 bits per heavy atom. The molecular weight excluding hydrogens is 414 g/mol. The molecular formula is C27H35N3O3. The van der Waals surface area contributed by atoms with Gasteiger partial charge in [-0.1, -0.05) is 30.3 Å². The number of ether oxygens (including phenoxy) is 1. The Morgan fingerprint density at radius 1 is 1.00 bits per heavy atom. The number of hydrogen-bond donors (Lipinski definition) is 2. The number of aliphatic hydroxyl groups excluding tert-OH is 1. The largest absolute Gasteiger partial charge is 0.490 e. The van der Waals surface area contributed by atoms with Gasteiger partial charge < -0.3 is 25.0 Å². The van der Waals surface area contributed by atoms with E-state index in [4.69, 9.17) is 4.74 Å². The van der Waals surface area contributed by atoms with Gasteiger partial charge in [-0.2, -0.15) is 0 Å². The molecule has 2 unspecified atom stereocenters. The predicted octanol–water partition coefficient (Wildman–Crippen LogP) is 3.37. The molecule has 2 aromatic carbocycles. The van der Waals surface area contributed by atoms with E-state index in [1.165, 1.54) is 12.8 Å². The maximum atomic E-state index is 13.2. The molecule has 0 spiro atoms. The number of likely N-dealkylation sites (tertiary alicyclic amines) is 1. The van der Waals surface area contributed by atoms with E-state index < -0.39 is 6.10 Å². The predicted molar refractivity (Wildman–Crippen MR) is 129 cm³/mol. The van der Waals surface area contributed by atoms with Gasteiger partial charge in [-0.3, -0.25) is 4.79 Å². The first-order valence-corrected chi connectivity index (χ1v) is 12.4. The number of carbonyl (C=O) groups is 1. The first kappa shape index (κ1) is 22.2. The first-order valence-electron chi connectivity index (χ1n) is 12.4. The minimum Gasteiger partial charge on any atom is -0.490 e. The van der Waals surface area contributed by atoms with Crippen molar-refractivity contribution < 1.29 is 14.6 Å². The van der Waals surface area contributed by atoms with Crippen molar-refractivity contribution in [3.05, 3.63) is 60.2 Å². The highest BCUT2D eigenvalue weighted by Gasteiger charge is 2.33. The number of rotatable bonds is 9. The fourth-order valence-electron chi connectivity index (χ4n) is 4.97. The third kappa shape index (κ3) is 5.68. The molecule has 3 fully saturated rings. The van der Waals surface area contributed by atoms with Crippen LogP contribution in [0.15, 0.2) is 54.6 Å². The molecule has 2 aliphatic heterocycles. The molecule has 1 aliphatic carbocycles. The van der Waals surface area contributed by atoms with Crippen molar-refractivity contribution in [2.45, 2.75) is 50.4 Å². The molecule has 33 heavy (non-hydrogen) atoms. The first-order chi connectivity index (χ1) is 16.2. The number of anilines is 1. The zero-order valence-electron chi connectivity index (χ0n) is 19.2. The summed E-state index contributed by atoms with van der Waals surface area (Å²) in [5.41, 5.74) is 1.98. The molecule has 2 N–H and O–H groups in total.